The van der Waals surface area contributed by atoms with E-state index in [1.165, 1.54) is 35.0 Å². The minimum Gasteiger partial charge on any atom is -0.319 e. The Morgan fingerprint density at radius 2 is 2.04 bits per heavy atom. The SMILES string of the molecule is CCCCn1nc(C(=O)Nc2cc(S(=O)(=O)NC3CC3)ccc2Cl)ccc1=O. The lowest BCUT2D eigenvalue weighted by Crippen LogP contribution is -2.27. The van der Waals surface area contributed by atoms with E-state index in [9.17, 15) is 18.0 Å². The summed E-state index contributed by atoms with van der Waals surface area (Å²) in [6.45, 7) is 2.40. The number of hydrogen-bond acceptors (Lipinski definition) is 5. The molecule has 1 heterocycles. The van der Waals surface area contributed by atoms with Crippen molar-refractivity contribution < 1.29 is 13.2 Å². The van der Waals surface area contributed by atoms with E-state index in [0.717, 1.165) is 25.7 Å². The third-order valence-corrected chi connectivity index (χ3v) is 6.07. The first kappa shape index (κ1) is 20.5. The molecule has 1 amide bonds. The number of aryl methyl sites for hydroxylation is 1. The molecular formula is C18H21ClN4O4S. The van der Waals surface area contributed by atoms with Gasteiger partial charge in [0.1, 0.15) is 5.69 Å². The summed E-state index contributed by atoms with van der Waals surface area (Å²) < 4.78 is 28.5. The molecule has 3 rings (SSSR count). The van der Waals surface area contributed by atoms with Crippen molar-refractivity contribution in [1.82, 2.24) is 14.5 Å². The van der Waals surface area contributed by atoms with Crippen LogP contribution in [0.15, 0.2) is 40.0 Å². The maximum atomic E-state index is 12.5. The molecule has 0 spiro atoms. The van der Waals surface area contributed by atoms with Crippen LogP contribution in [0, 0.1) is 0 Å². The van der Waals surface area contributed by atoms with Crippen molar-refractivity contribution in [1.29, 1.82) is 0 Å². The van der Waals surface area contributed by atoms with E-state index in [4.69, 9.17) is 11.6 Å². The Morgan fingerprint density at radius 3 is 2.71 bits per heavy atom. The van der Waals surface area contributed by atoms with Gasteiger partial charge >= 0.3 is 0 Å². The van der Waals surface area contributed by atoms with Crippen molar-refractivity contribution >= 4 is 33.2 Å². The summed E-state index contributed by atoms with van der Waals surface area (Å²) in [6, 6.07) is 6.66. The fraction of sp³-hybridized carbons (Fsp3) is 0.389. The molecule has 1 aromatic carbocycles. The highest BCUT2D eigenvalue weighted by Crippen LogP contribution is 2.27. The van der Waals surface area contributed by atoms with Crippen LogP contribution >= 0.6 is 11.6 Å². The van der Waals surface area contributed by atoms with E-state index in [0.29, 0.717) is 6.54 Å². The monoisotopic (exact) mass is 424 g/mol. The van der Waals surface area contributed by atoms with Crippen LogP contribution in [0.2, 0.25) is 5.02 Å². The fourth-order valence-corrected chi connectivity index (χ4v) is 3.98. The van der Waals surface area contributed by atoms with Gasteiger partial charge in [-0.2, -0.15) is 5.10 Å². The second kappa shape index (κ2) is 8.42. The zero-order valence-corrected chi connectivity index (χ0v) is 16.9. The number of anilines is 1. The molecule has 2 N–H and O–H groups in total. The van der Waals surface area contributed by atoms with Gasteiger partial charge in [-0.05, 0) is 43.5 Å². The Bertz CT molecular complexity index is 1050. The zero-order valence-electron chi connectivity index (χ0n) is 15.3. The predicted octanol–water partition coefficient (Wildman–Crippen LogP) is 2.39. The lowest BCUT2D eigenvalue weighted by atomic mass is 10.3. The second-order valence-corrected chi connectivity index (χ2v) is 8.75. The quantitative estimate of drug-likeness (QED) is 0.676. The number of unbranched alkanes of at least 4 members (excludes halogenated alkanes) is 1. The molecule has 0 unspecified atom stereocenters. The normalized spacial score (nSPS) is 14.1. The summed E-state index contributed by atoms with van der Waals surface area (Å²) in [5, 5.41) is 6.84. The highest BCUT2D eigenvalue weighted by atomic mass is 35.5. The number of benzene rings is 1. The zero-order chi connectivity index (χ0) is 20.3. The minimum absolute atomic E-state index is 0.0139. The Kier molecular flexibility index (Phi) is 6.17. The fourth-order valence-electron chi connectivity index (χ4n) is 2.48. The lowest BCUT2D eigenvalue weighted by molar-refractivity contribution is 0.101. The molecule has 1 aliphatic carbocycles. The topological polar surface area (TPSA) is 110 Å². The van der Waals surface area contributed by atoms with Gasteiger partial charge in [-0.3, -0.25) is 9.59 Å². The van der Waals surface area contributed by atoms with Gasteiger partial charge in [-0.25, -0.2) is 17.8 Å². The Hall–Kier alpha value is -2.23. The molecule has 0 saturated heterocycles. The van der Waals surface area contributed by atoms with Crippen molar-refractivity contribution in [2.75, 3.05) is 5.32 Å². The molecule has 0 radical (unpaired) electrons. The molecule has 10 heteroatoms. The summed E-state index contributed by atoms with van der Waals surface area (Å²) in [6.07, 6.45) is 3.28. The number of halogens is 1. The molecule has 1 aliphatic rings. The molecule has 0 bridgehead atoms. The largest absolute Gasteiger partial charge is 0.319 e. The molecule has 8 nitrogen and oxygen atoms in total. The van der Waals surface area contributed by atoms with Gasteiger partial charge in [-0.15, -0.1) is 0 Å². The van der Waals surface area contributed by atoms with Crippen molar-refractivity contribution in [3.63, 3.8) is 0 Å². The molecule has 150 valence electrons. The van der Waals surface area contributed by atoms with E-state index in [1.807, 2.05) is 6.92 Å². The maximum Gasteiger partial charge on any atom is 0.276 e. The Labute approximate surface area is 168 Å². The van der Waals surface area contributed by atoms with Crippen molar-refractivity contribution in [3.05, 3.63) is 51.4 Å². The number of nitrogens with zero attached hydrogens (tertiary/aromatic N) is 2. The van der Waals surface area contributed by atoms with E-state index in [1.54, 1.807) is 0 Å². The molecule has 0 aliphatic heterocycles. The van der Waals surface area contributed by atoms with Crippen LogP contribution in [-0.2, 0) is 16.6 Å². The van der Waals surface area contributed by atoms with E-state index < -0.39 is 15.9 Å². The smallest absolute Gasteiger partial charge is 0.276 e. The summed E-state index contributed by atoms with van der Waals surface area (Å²) in [4.78, 5) is 24.4. The minimum atomic E-state index is -3.68. The van der Waals surface area contributed by atoms with E-state index >= 15 is 0 Å². The first-order valence-electron chi connectivity index (χ1n) is 9.01. The van der Waals surface area contributed by atoms with Crippen molar-refractivity contribution in [2.24, 2.45) is 0 Å². The van der Waals surface area contributed by atoms with E-state index in [2.05, 4.69) is 15.1 Å². The van der Waals surface area contributed by atoms with E-state index in [-0.39, 0.29) is 32.9 Å². The Morgan fingerprint density at radius 1 is 1.29 bits per heavy atom. The molecular weight excluding hydrogens is 404 g/mol. The number of nitrogens with one attached hydrogen (secondary N) is 2. The third-order valence-electron chi connectivity index (χ3n) is 4.22. The van der Waals surface area contributed by atoms with Gasteiger partial charge in [-0.1, -0.05) is 24.9 Å². The van der Waals surface area contributed by atoms with Crippen LogP contribution in [0.3, 0.4) is 0 Å². The summed E-state index contributed by atoms with van der Waals surface area (Å²) in [5.41, 5.74) is -0.100. The molecule has 1 fully saturated rings. The molecule has 28 heavy (non-hydrogen) atoms. The van der Waals surface area contributed by atoms with Gasteiger partial charge in [0, 0.05) is 18.7 Å². The number of hydrogen-bond donors (Lipinski definition) is 2. The standard InChI is InChI=1S/C18H21ClN4O4S/c1-2-3-10-23-17(24)9-8-15(21-23)18(25)20-16-11-13(6-7-14(16)19)28(26,27)22-12-4-5-12/h6-9,11-12,22H,2-5,10H2,1H3,(H,20,25). The maximum absolute atomic E-state index is 12.5. The van der Waals surface area contributed by atoms with Crippen molar-refractivity contribution in [2.45, 2.75) is 50.1 Å². The number of carbonyl (C=O) groups is 1. The molecule has 1 aromatic heterocycles. The average Bonchev–Trinajstić information content (AvgIpc) is 3.46. The first-order valence-corrected chi connectivity index (χ1v) is 10.9. The van der Waals surface area contributed by atoms with Crippen LogP contribution in [0.1, 0.15) is 43.1 Å². The third kappa shape index (κ3) is 4.98. The summed E-state index contributed by atoms with van der Waals surface area (Å²) in [5.74, 6) is -0.586. The van der Waals surface area contributed by atoms with Gasteiger partial charge < -0.3 is 5.32 Å². The van der Waals surface area contributed by atoms with Crippen molar-refractivity contribution in [3.8, 4) is 0 Å². The highest BCUT2D eigenvalue weighted by molar-refractivity contribution is 7.89. The number of sulfonamides is 1. The van der Waals surface area contributed by atoms with Crippen LogP contribution in [0.5, 0.6) is 0 Å². The first-order chi connectivity index (χ1) is 13.3. The van der Waals surface area contributed by atoms with Gasteiger partial charge in [0.15, 0.2) is 0 Å². The summed E-state index contributed by atoms with van der Waals surface area (Å²) in [7, 11) is -3.68. The number of carbonyl (C=O) groups excluding carboxylic acids is 1. The average molecular weight is 425 g/mol. The van der Waals surface area contributed by atoms with Gasteiger partial charge in [0.25, 0.3) is 11.5 Å². The predicted molar refractivity (Wildman–Crippen MR) is 106 cm³/mol. The van der Waals surface area contributed by atoms with Gasteiger partial charge in [0.2, 0.25) is 10.0 Å². The summed E-state index contributed by atoms with van der Waals surface area (Å²) >= 11 is 6.12. The molecule has 0 atom stereocenters. The Balaban J connectivity index is 1.82. The lowest BCUT2D eigenvalue weighted by Gasteiger charge is -2.11. The van der Waals surface area contributed by atoms with Gasteiger partial charge in [0.05, 0.1) is 15.6 Å². The molecule has 2 aromatic rings. The number of amides is 1. The second-order valence-electron chi connectivity index (χ2n) is 6.62. The van der Waals surface area contributed by atoms with Crippen LogP contribution < -0.4 is 15.6 Å². The highest BCUT2D eigenvalue weighted by Gasteiger charge is 2.28. The molecule has 1 saturated carbocycles. The van der Waals surface area contributed by atoms with Crippen LogP contribution in [-0.4, -0.2) is 30.1 Å². The number of aromatic nitrogens is 2. The number of rotatable bonds is 8. The van der Waals surface area contributed by atoms with Crippen LogP contribution in [0.25, 0.3) is 0 Å². The van der Waals surface area contributed by atoms with Crippen LogP contribution in [0.4, 0.5) is 5.69 Å².